The summed E-state index contributed by atoms with van der Waals surface area (Å²) in [5.74, 6) is 6.29. The highest BCUT2D eigenvalue weighted by molar-refractivity contribution is 6.30. The number of hydrazine groups is 1. The Morgan fingerprint density at radius 1 is 1.42 bits per heavy atom. The number of hydrogen-bond donors (Lipinski definition) is 2. The van der Waals surface area contributed by atoms with Gasteiger partial charge in [0.25, 0.3) is 0 Å². The molecule has 0 spiro atoms. The van der Waals surface area contributed by atoms with Gasteiger partial charge in [0.05, 0.1) is 17.9 Å². The van der Waals surface area contributed by atoms with E-state index in [0.717, 1.165) is 18.0 Å². The predicted octanol–water partition coefficient (Wildman–Crippen LogP) is 1.53. The minimum absolute atomic E-state index is 0.175. The van der Waals surface area contributed by atoms with Gasteiger partial charge in [0.15, 0.2) is 0 Å². The summed E-state index contributed by atoms with van der Waals surface area (Å²) < 4.78 is 7.44. The number of rotatable bonds is 6. The van der Waals surface area contributed by atoms with Crippen molar-refractivity contribution in [3.05, 3.63) is 41.2 Å². The van der Waals surface area contributed by atoms with Crippen LogP contribution in [0.3, 0.4) is 0 Å². The Hall–Kier alpha value is -1.63. The third-order valence-electron chi connectivity index (χ3n) is 2.74. The molecule has 1 aromatic carbocycles. The molecule has 0 saturated heterocycles. The van der Waals surface area contributed by atoms with Crippen molar-refractivity contribution in [2.75, 3.05) is 6.61 Å². The van der Waals surface area contributed by atoms with Crippen LogP contribution in [0.5, 0.6) is 5.75 Å². The maximum Gasteiger partial charge on any atom is 0.119 e. The lowest BCUT2D eigenvalue weighted by Crippen LogP contribution is -2.34. The lowest BCUT2D eigenvalue weighted by atomic mass is 10.2. The molecule has 0 amide bonds. The molecule has 7 heteroatoms. The minimum Gasteiger partial charge on any atom is -0.491 e. The van der Waals surface area contributed by atoms with Crippen molar-refractivity contribution in [2.45, 2.75) is 19.5 Å². The van der Waals surface area contributed by atoms with E-state index in [4.69, 9.17) is 22.2 Å². The molecule has 0 fully saturated rings. The van der Waals surface area contributed by atoms with Gasteiger partial charge in [-0.05, 0) is 31.2 Å². The molecule has 19 heavy (non-hydrogen) atoms. The van der Waals surface area contributed by atoms with Gasteiger partial charge < -0.3 is 4.74 Å². The maximum absolute atomic E-state index is 5.81. The van der Waals surface area contributed by atoms with Gasteiger partial charge in [0.1, 0.15) is 12.4 Å². The SMILES string of the molecule is CCn1nncc1C(COc1ccc(Cl)cc1)NN. The van der Waals surface area contributed by atoms with Crippen LogP contribution >= 0.6 is 11.6 Å². The molecule has 0 aliphatic rings. The van der Waals surface area contributed by atoms with Crippen molar-refractivity contribution in [3.8, 4) is 5.75 Å². The predicted molar refractivity (Wildman–Crippen MR) is 72.7 cm³/mol. The van der Waals surface area contributed by atoms with Gasteiger partial charge in [-0.1, -0.05) is 16.8 Å². The van der Waals surface area contributed by atoms with Gasteiger partial charge in [-0.15, -0.1) is 5.10 Å². The van der Waals surface area contributed by atoms with Crippen molar-refractivity contribution in [2.24, 2.45) is 5.84 Å². The van der Waals surface area contributed by atoms with Crippen LogP contribution < -0.4 is 16.0 Å². The molecule has 0 saturated carbocycles. The van der Waals surface area contributed by atoms with Crippen LogP contribution in [-0.4, -0.2) is 21.6 Å². The smallest absolute Gasteiger partial charge is 0.119 e. The van der Waals surface area contributed by atoms with Crippen LogP contribution in [0.15, 0.2) is 30.5 Å². The van der Waals surface area contributed by atoms with E-state index in [-0.39, 0.29) is 6.04 Å². The first kappa shape index (κ1) is 13.8. The molecular weight excluding hydrogens is 266 g/mol. The third-order valence-corrected chi connectivity index (χ3v) is 2.99. The highest BCUT2D eigenvalue weighted by Crippen LogP contribution is 2.18. The number of benzene rings is 1. The van der Waals surface area contributed by atoms with Crippen molar-refractivity contribution in [3.63, 3.8) is 0 Å². The molecule has 3 N–H and O–H groups in total. The standard InChI is InChI=1S/C12H16ClN5O/c1-2-18-12(7-15-17-18)11(16-14)8-19-10-5-3-9(13)4-6-10/h3-7,11,16H,2,8,14H2,1H3. The Kier molecular flexibility index (Phi) is 4.73. The average molecular weight is 282 g/mol. The first-order valence-corrected chi connectivity index (χ1v) is 6.35. The van der Waals surface area contributed by atoms with Crippen LogP contribution in [0, 0.1) is 0 Å². The molecule has 1 heterocycles. The first-order valence-electron chi connectivity index (χ1n) is 5.97. The van der Waals surface area contributed by atoms with E-state index in [2.05, 4.69) is 15.7 Å². The average Bonchev–Trinajstić information content (AvgIpc) is 2.90. The fraction of sp³-hybridized carbons (Fsp3) is 0.333. The number of aromatic nitrogens is 3. The van der Waals surface area contributed by atoms with Gasteiger partial charge in [0, 0.05) is 11.6 Å². The van der Waals surface area contributed by atoms with E-state index in [1.165, 1.54) is 0 Å². The van der Waals surface area contributed by atoms with Crippen LogP contribution in [0.25, 0.3) is 0 Å². The van der Waals surface area contributed by atoms with E-state index >= 15 is 0 Å². The number of halogens is 1. The van der Waals surface area contributed by atoms with Gasteiger partial charge >= 0.3 is 0 Å². The molecule has 0 radical (unpaired) electrons. The van der Waals surface area contributed by atoms with E-state index < -0.39 is 0 Å². The largest absolute Gasteiger partial charge is 0.491 e. The van der Waals surface area contributed by atoms with Crippen molar-refractivity contribution < 1.29 is 4.74 Å². The molecule has 6 nitrogen and oxygen atoms in total. The van der Waals surface area contributed by atoms with Gasteiger partial charge in [-0.2, -0.15) is 0 Å². The molecule has 0 aliphatic carbocycles. The summed E-state index contributed by atoms with van der Waals surface area (Å²) in [6, 6.07) is 7.00. The summed E-state index contributed by atoms with van der Waals surface area (Å²) in [5, 5.41) is 8.52. The second-order valence-electron chi connectivity index (χ2n) is 3.96. The molecule has 2 aromatic rings. The molecule has 0 bridgehead atoms. The van der Waals surface area contributed by atoms with Gasteiger partial charge in [0.2, 0.25) is 0 Å². The van der Waals surface area contributed by atoms with E-state index in [0.29, 0.717) is 11.6 Å². The maximum atomic E-state index is 5.81. The fourth-order valence-electron chi connectivity index (χ4n) is 1.71. The van der Waals surface area contributed by atoms with Crippen molar-refractivity contribution in [1.29, 1.82) is 0 Å². The lowest BCUT2D eigenvalue weighted by molar-refractivity contribution is 0.260. The van der Waals surface area contributed by atoms with Gasteiger partial charge in [-0.25, -0.2) is 10.1 Å². The normalized spacial score (nSPS) is 12.4. The topological polar surface area (TPSA) is 78.0 Å². The summed E-state index contributed by atoms with van der Waals surface area (Å²) in [7, 11) is 0. The fourth-order valence-corrected chi connectivity index (χ4v) is 1.84. The number of nitrogens with two attached hydrogens (primary N) is 1. The number of nitrogens with zero attached hydrogens (tertiary/aromatic N) is 3. The highest BCUT2D eigenvalue weighted by atomic mass is 35.5. The molecular formula is C12H16ClN5O. The molecule has 1 unspecified atom stereocenters. The Balaban J connectivity index is 2.02. The Morgan fingerprint density at radius 2 is 2.16 bits per heavy atom. The van der Waals surface area contributed by atoms with Crippen molar-refractivity contribution in [1.82, 2.24) is 20.4 Å². The van der Waals surface area contributed by atoms with E-state index in [1.807, 2.05) is 19.1 Å². The molecule has 2 rings (SSSR count). The monoisotopic (exact) mass is 281 g/mol. The summed E-state index contributed by atoms with van der Waals surface area (Å²) in [6.45, 7) is 3.10. The van der Waals surface area contributed by atoms with Crippen LogP contribution in [0.1, 0.15) is 18.7 Å². The zero-order chi connectivity index (χ0) is 13.7. The second kappa shape index (κ2) is 6.51. The first-order chi connectivity index (χ1) is 9.24. The summed E-state index contributed by atoms with van der Waals surface area (Å²) in [4.78, 5) is 0. The lowest BCUT2D eigenvalue weighted by Gasteiger charge is -2.17. The molecule has 1 aromatic heterocycles. The molecule has 1 atom stereocenters. The summed E-state index contributed by atoms with van der Waals surface area (Å²) in [5.41, 5.74) is 3.60. The van der Waals surface area contributed by atoms with Crippen LogP contribution in [-0.2, 0) is 6.54 Å². The quantitative estimate of drug-likeness (QED) is 0.620. The van der Waals surface area contributed by atoms with Crippen molar-refractivity contribution >= 4 is 11.6 Å². The van der Waals surface area contributed by atoms with E-state index in [1.54, 1.807) is 23.0 Å². The Morgan fingerprint density at radius 3 is 2.79 bits per heavy atom. The third kappa shape index (κ3) is 3.44. The molecule has 102 valence electrons. The molecule has 0 aliphatic heterocycles. The number of ether oxygens (including phenoxy) is 1. The number of aryl methyl sites for hydroxylation is 1. The number of nitrogens with one attached hydrogen (secondary N) is 1. The minimum atomic E-state index is -0.175. The second-order valence-corrected chi connectivity index (χ2v) is 4.40. The van der Waals surface area contributed by atoms with Crippen LogP contribution in [0.2, 0.25) is 5.02 Å². The number of hydrogen-bond acceptors (Lipinski definition) is 5. The zero-order valence-electron chi connectivity index (χ0n) is 10.6. The summed E-state index contributed by atoms with van der Waals surface area (Å²) in [6.07, 6.45) is 1.68. The Bertz CT molecular complexity index is 513. The van der Waals surface area contributed by atoms with E-state index in [9.17, 15) is 0 Å². The summed E-state index contributed by atoms with van der Waals surface area (Å²) >= 11 is 5.81. The highest BCUT2D eigenvalue weighted by Gasteiger charge is 2.16. The zero-order valence-corrected chi connectivity index (χ0v) is 11.3. The van der Waals surface area contributed by atoms with Crippen LogP contribution in [0.4, 0.5) is 0 Å². The van der Waals surface area contributed by atoms with Gasteiger partial charge in [-0.3, -0.25) is 5.84 Å². The Labute approximate surface area is 116 Å².